The summed E-state index contributed by atoms with van der Waals surface area (Å²) in [4.78, 5) is 10.7. The van der Waals surface area contributed by atoms with E-state index >= 15 is 0 Å². The van der Waals surface area contributed by atoms with Gasteiger partial charge in [0.05, 0.1) is 5.75 Å². The first kappa shape index (κ1) is 15.3. The monoisotopic (exact) mass is 253 g/mol. The molecule has 0 aliphatic heterocycles. The van der Waals surface area contributed by atoms with Crippen molar-refractivity contribution in [2.45, 2.75) is 32.7 Å². The molecule has 0 aromatic carbocycles. The van der Waals surface area contributed by atoms with Gasteiger partial charge in [0.25, 0.3) is 0 Å². The molecular weight excluding hydrogens is 234 g/mol. The van der Waals surface area contributed by atoms with Gasteiger partial charge in [-0.15, -0.1) is 0 Å². The Balaban J connectivity index is 4.36. The molecule has 0 aliphatic carbocycles. The van der Waals surface area contributed by atoms with Crippen molar-refractivity contribution in [3.63, 3.8) is 0 Å². The molecule has 1 unspecified atom stereocenters. The minimum absolute atomic E-state index is 0.0973. The number of rotatable bonds is 8. The Kier molecular flexibility index (Phi) is 6.54. The zero-order valence-electron chi connectivity index (χ0n) is 9.51. The second kappa shape index (κ2) is 6.82. The molecule has 16 heavy (non-hydrogen) atoms. The van der Waals surface area contributed by atoms with E-state index in [4.69, 9.17) is 10.2 Å². The van der Waals surface area contributed by atoms with Gasteiger partial charge in [-0.1, -0.05) is 13.8 Å². The lowest BCUT2D eigenvalue weighted by atomic mass is 10.2. The van der Waals surface area contributed by atoms with E-state index in [1.807, 2.05) is 13.8 Å². The smallest absolute Gasteiger partial charge is 0.321 e. The van der Waals surface area contributed by atoms with Crippen LogP contribution in [0.5, 0.6) is 0 Å². The van der Waals surface area contributed by atoms with Crippen molar-refractivity contribution < 1.29 is 23.4 Å². The third-order valence-corrected chi connectivity index (χ3v) is 3.42. The second-order valence-corrected chi connectivity index (χ2v) is 5.90. The van der Waals surface area contributed by atoms with Crippen molar-refractivity contribution in [3.05, 3.63) is 0 Å². The van der Waals surface area contributed by atoms with Crippen molar-refractivity contribution >= 4 is 16.0 Å². The molecule has 0 saturated carbocycles. The van der Waals surface area contributed by atoms with E-state index in [0.717, 1.165) is 0 Å². The van der Waals surface area contributed by atoms with Crippen LogP contribution in [-0.4, -0.2) is 43.0 Å². The highest BCUT2D eigenvalue weighted by Crippen LogP contribution is 2.03. The fraction of sp³-hybridized carbons (Fsp3) is 0.889. The molecule has 0 aromatic rings. The van der Waals surface area contributed by atoms with Crippen molar-refractivity contribution in [3.8, 4) is 0 Å². The normalized spacial score (nSPS) is 14.0. The fourth-order valence-corrected chi connectivity index (χ4v) is 2.58. The number of carbonyl (C=O) groups is 1. The molecule has 0 fully saturated rings. The zero-order chi connectivity index (χ0) is 12.8. The van der Waals surface area contributed by atoms with E-state index in [1.165, 1.54) is 0 Å². The summed E-state index contributed by atoms with van der Waals surface area (Å²) in [5.41, 5.74) is 0. The molecule has 0 radical (unpaired) electrons. The van der Waals surface area contributed by atoms with E-state index in [0.29, 0.717) is 6.42 Å². The first-order valence-corrected chi connectivity index (χ1v) is 6.77. The number of hydrogen-bond donors (Lipinski definition) is 3. The van der Waals surface area contributed by atoms with Crippen LogP contribution in [0, 0.1) is 5.92 Å². The van der Waals surface area contributed by atoms with Crippen molar-refractivity contribution in [2.24, 2.45) is 5.92 Å². The van der Waals surface area contributed by atoms with Gasteiger partial charge in [0.2, 0.25) is 10.0 Å². The minimum atomic E-state index is -3.59. The summed E-state index contributed by atoms with van der Waals surface area (Å²) in [6.45, 7) is 3.40. The van der Waals surface area contributed by atoms with E-state index in [9.17, 15) is 13.2 Å². The summed E-state index contributed by atoms with van der Waals surface area (Å²) in [6, 6.07) is -1.25. The first-order valence-electron chi connectivity index (χ1n) is 5.12. The van der Waals surface area contributed by atoms with Crippen LogP contribution in [0.4, 0.5) is 0 Å². The van der Waals surface area contributed by atoms with Gasteiger partial charge >= 0.3 is 5.97 Å². The Bertz CT molecular complexity index is 312. The summed E-state index contributed by atoms with van der Waals surface area (Å²) < 4.78 is 25.0. The van der Waals surface area contributed by atoms with Crippen LogP contribution in [0.25, 0.3) is 0 Å². The molecule has 0 aliphatic rings. The van der Waals surface area contributed by atoms with Crippen LogP contribution in [0.3, 0.4) is 0 Å². The number of carboxylic acid groups (broad SMARTS) is 1. The van der Waals surface area contributed by atoms with Crippen molar-refractivity contribution in [2.75, 3.05) is 12.4 Å². The maximum Gasteiger partial charge on any atom is 0.321 e. The number of hydrogen-bond acceptors (Lipinski definition) is 4. The number of carboxylic acids is 1. The molecule has 0 saturated heterocycles. The largest absolute Gasteiger partial charge is 0.480 e. The summed E-state index contributed by atoms with van der Waals surface area (Å²) in [7, 11) is -3.59. The van der Waals surface area contributed by atoms with Gasteiger partial charge in [0, 0.05) is 6.61 Å². The fourth-order valence-electron chi connectivity index (χ4n) is 1.03. The maximum atomic E-state index is 11.5. The highest BCUT2D eigenvalue weighted by Gasteiger charge is 2.23. The molecule has 0 amide bonds. The van der Waals surface area contributed by atoms with E-state index in [-0.39, 0.29) is 24.7 Å². The minimum Gasteiger partial charge on any atom is -0.480 e. The summed E-state index contributed by atoms with van der Waals surface area (Å²) in [5.74, 6) is -1.14. The number of sulfonamides is 1. The van der Waals surface area contributed by atoms with Gasteiger partial charge in [-0.25, -0.2) is 13.1 Å². The Morgan fingerprint density at radius 3 is 2.25 bits per heavy atom. The van der Waals surface area contributed by atoms with Crippen LogP contribution in [-0.2, 0) is 14.8 Å². The highest BCUT2D eigenvalue weighted by molar-refractivity contribution is 7.89. The molecule has 7 heteroatoms. The van der Waals surface area contributed by atoms with E-state index in [1.54, 1.807) is 0 Å². The molecule has 0 bridgehead atoms. The lowest BCUT2D eigenvalue weighted by molar-refractivity contribution is -0.139. The molecule has 0 rings (SSSR count). The van der Waals surface area contributed by atoms with Crippen LogP contribution in [0.2, 0.25) is 0 Å². The van der Waals surface area contributed by atoms with Crippen LogP contribution in [0.1, 0.15) is 26.7 Å². The summed E-state index contributed by atoms with van der Waals surface area (Å²) in [6.07, 6.45) is 0.344. The number of aliphatic carboxylic acids is 1. The topological polar surface area (TPSA) is 104 Å². The molecule has 0 aromatic heterocycles. The molecule has 3 N–H and O–H groups in total. The van der Waals surface area contributed by atoms with Crippen molar-refractivity contribution in [1.29, 1.82) is 0 Å². The van der Waals surface area contributed by atoms with Crippen LogP contribution in [0.15, 0.2) is 0 Å². The third-order valence-electron chi connectivity index (χ3n) is 2.00. The lowest BCUT2D eigenvalue weighted by Crippen LogP contribution is -2.42. The number of nitrogens with one attached hydrogen (secondary N) is 1. The van der Waals surface area contributed by atoms with Gasteiger partial charge < -0.3 is 10.2 Å². The summed E-state index contributed by atoms with van der Waals surface area (Å²) >= 11 is 0. The lowest BCUT2D eigenvalue weighted by Gasteiger charge is -2.14. The quantitative estimate of drug-likeness (QED) is 0.555. The standard InChI is InChI=1S/C9H19NO5S/c1-7(2)4-6-16(14,15)10-8(3-5-11)9(12)13/h7-8,10-11H,3-6H2,1-2H3,(H,12,13). The van der Waals surface area contributed by atoms with Gasteiger partial charge in [-0.2, -0.15) is 0 Å². The molecule has 0 spiro atoms. The Hall–Kier alpha value is -0.660. The predicted octanol–water partition coefficient (Wildman–Crippen LogP) is -0.212. The van der Waals surface area contributed by atoms with Gasteiger partial charge in [-0.3, -0.25) is 4.79 Å². The Morgan fingerprint density at radius 2 is 1.88 bits per heavy atom. The van der Waals surface area contributed by atoms with Gasteiger partial charge in [-0.05, 0) is 18.8 Å². The van der Waals surface area contributed by atoms with E-state index in [2.05, 4.69) is 4.72 Å². The van der Waals surface area contributed by atoms with Crippen LogP contribution >= 0.6 is 0 Å². The highest BCUT2D eigenvalue weighted by atomic mass is 32.2. The first-order chi connectivity index (χ1) is 7.28. The Morgan fingerprint density at radius 1 is 1.31 bits per heavy atom. The van der Waals surface area contributed by atoms with Crippen molar-refractivity contribution in [1.82, 2.24) is 4.72 Å². The molecule has 1 atom stereocenters. The van der Waals surface area contributed by atoms with Crippen LogP contribution < -0.4 is 4.72 Å². The number of aliphatic hydroxyl groups excluding tert-OH is 1. The predicted molar refractivity (Wildman–Crippen MR) is 59.5 cm³/mol. The average molecular weight is 253 g/mol. The SMILES string of the molecule is CC(C)CCS(=O)(=O)NC(CCO)C(=O)O. The second-order valence-electron chi connectivity index (χ2n) is 4.02. The zero-order valence-corrected chi connectivity index (χ0v) is 10.3. The average Bonchev–Trinajstić information content (AvgIpc) is 2.14. The Labute approximate surface area is 95.7 Å². The molecule has 96 valence electrons. The maximum absolute atomic E-state index is 11.5. The van der Waals surface area contributed by atoms with Gasteiger partial charge in [0.15, 0.2) is 0 Å². The van der Waals surface area contributed by atoms with Gasteiger partial charge in [0.1, 0.15) is 6.04 Å². The number of aliphatic hydroxyl groups is 1. The molecular formula is C9H19NO5S. The van der Waals surface area contributed by atoms with E-state index < -0.39 is 22.0 Å². The third kappa shape index (κ3) is 6.76. The summed E-state index contributed by atoms with van der Waals surface area (Å²) in [5, 5.41) is 17.3. The molecule has 6 nitrogen and oxygen atoms in total. The molecule has 0 heterocycles.